The minimum absolute atomic E-state index is 0.147. The van der Waals surface area contributed by atoms with E-state index in [1.165, 1.54) is 15.6 Å². The first-order valence-corrected chi connectivity index (χ1v) is 7.87. The number of rotatable bonds is 7. The molecule has 0 bridgehead atoms. The van der Waals surface area contributed by atoms with Crippen molar-refractivity contribution in [1.82, 2.24) is 10.3 Å². The van der Waals surface area contributed by atoms with Gasteiger partial charge in [0.1, 0.15) is 0 Å². The zero-order valence-electron chi connectivity index (χ0n) is 13.2. The minimum Gasteiger partial charge on any atom is -0.385 e. The fourth-order valence-corrected chi connectivity index (χ4v) is 3.02. The largest absolute Gasteiger partial charge is 0.385 e. The van der Waals surface area contributed by atoms with Crippen molar-refractivity contribution >= 4 is 11.3 Å². The Labute approximate surface area is 121 Å². The highest BCUT2D eigenvalue weighted by Gasteiger charge is 2.16. The topological polar surface area (TPSA) is 34.1 Å². The van der Waals surface area contributed by atoms with Crippen molar-refractivity contribution in [1.29, 1.82) is 0 Å². The molecule has 0 saturated carbocycles. The lowest BCUT2D eigenvalue weighted by Crippen LogP contribution is -2.35. The molecule has 19 heavy (non-hydrogen) atoms. The van der Waals surface area contributed by atoms with Crippen molar-refractivity contribution in [2.45, 2.75) is 65.5 Å². The molecule has 1 rings (SSSR count). The molecule has 1 heterocycles. The van der Waals surface area contributed by atoms with Crippen LogP contribution in [0.15, 0.2) is 0 Å². The van der Waals surface area contributed by atoms with Crippen LogP contribution in [0, 0.1) is 0 Å². The SMILES string of the molecule is COCCCc1nc(C(C)C)c(CNC(C)(C)C)s1. The van der Waals surface area contributed by atoms with E-state index in [4.69, 9.17) is 9.72 Å². The van der Waals surface area contributed by atoms with Gasteiger partial charge in [0.2, 0.25) is 0 Å². The summed E-state index contributed by atoms with van der Waals surface area (Å²) in [6.45, 7) is 12.8. The van der Waals surface area contributed by atoms with Gasteiger partial charge in [0.25, 0.3) is 0 Å². The molecule has 0 fully saturated rings. The summed E-state index contributed by atoms with van der Waals surface area (Å²) < 4.78 is 5.10. The lowest BCUT2D eigenvalue weighted by atomic mass is 10.1. The number of methoxy groups -OCH3 is 1. The lowest BCUT2D eigenvalue weighted by Gasteiger charge is -2.20. The van der Waals surface area contributed by atoms with Crippen molar-refractivity contribution in [3.05, 3.63) is 15.6 Å². The first-order chi connectivity index (χ1) is 8.83. The fourth-order valence-electron chi connectivity index (χ4n) is 1.81. The number of nitrogens with one attached hydrogen (secondary N) is 1. The maximum absolute atomic E-state index is 5.10. The smallest absolute Gasteiger partial charge is 0.0932 e. The molecule has 0 saturated heterocycles. The molecule has 3 nitrogen and oxygen atoms in total. The maximum atomic E-state index is 5.10. The molecule has 1 aromatic rings. The summed E-state index contributed by atoms with van der Waals surface area (Å²) in [6, 6.07) is 0. The third-order valence-electron chi connectivity index (χ3n) is 2.84. The number of aryl methyl sites for hydroxylation is 1. The van der Waals surface area contributed by atoms with Crippen LogP contribution in [0.4, 0.5) is 0 Å². The molecule has 1 aromatic heterocycles. The number of thiazole rings is 1. The van der Waals surface area contributed by atoms with Crippen LogP contribution in [0.25, 0.3) is 0 Å². The van der Waals surface area contributed by atoms with E-state index in [0.29, 0.717) is 5.92 Å². The maximum Gasteiger partial charge on any atom is 0.0932 e. The second-order valence-corrected chi connectivity index (χ2v) is 7.44. The minimum atomic E-state index is 0.147. The van der Waals surface area contributed by atoms with Gasteiger partial charge in [-0.15, -0.1) is 11.3 Å². The van der Waals surface area contributed by atoms with Gasteiger partial charge in [-0.1, -0.05) is 13.8 Å². The predicted octanol–water partition coefficient (Wildman–Crippen LogP) is 3.73. The van der Waals surface area contributed by atoms with Crippen LogP contribution in [0.5, 0.6) is 0 Å². The van der Waals surface area contributed by atoms with Gasteiger partial charge in [-0.3, -0.25) is 0 Å². The standard InChI is InChI=1S/C15H28N2OS/c1-11(2)14-12(10-16-15(3,4)5)19-13(17-14)8-7-9-18-6/h11,16H,7-10H2,1-6H3. The molecular weight excluding hydrogens is 256 g/mol. The van der Waals surface area contributed by atoms with Gasteiger partial charge in [0.15, 0.2) is 0 Å². The number of nitrogens with zero attached hydrogens (tertiary/aromatic N) is 1. The summed E-state index contributed by atoms with van der Waals surface area (Å²) in [5.74, 6) is 0.490. The quantitative estimate of drug-likeness (QED) is 0.775. The summed E-state index contributed by atoms with van der Waals surface area (Å²) in [5, 5.41) is 4.80. The summed E-state index contributed by atoms with van der Waals surface area (Å²) in [7, 11) is 1.75. The highest BCUT2D eigenvalue weighted by atomic mass is 32.1. The fraction of sp³-hybridized carbons (Fsp3) is 0.800. The molecule has 1 N–H and O–H groups in total. The summed E-state index contributed by atoms with van der Waals surface area (Å²) in [5.41, 5.74) is 1.41. The molecule has 0 spiro atoms. The van der Waals surface area contributed by atoms with E-state index in [2.05, 4.69) is 39.9 Å². The zero-order chi connectivity index (χ0) is 14.5. The molecule has 0 aliphatic carbocycles. The Bertz CT molecular complexity index is 380. The first kappa shape index (κ1) is 16.6. The summed E-state index contributed by atoms with van der Waals surface area (Å²) in [6.07, 6.45) is 2.07. The van der Waals surface area contributed by atoms with Gasteiger partial charge in [-0.05, 0) is 33.1 Å². The van der Waals surface area contributed by atoms with Gasteiger partial charge in [-0.2, -0.15) is 0 Å². The molecule has 0 aliphatic heterocycles. The highest BCUT2D eigenvalue weighted by Crippen LogP contribution is 2.26. The van der Waals surface area contributed by atoms with Gasteiger partial charge in [0, 0.05) is 37.1 Å². The lowest BCUT2D eigenvalue weighted by molar-refractivity contribution is 0.195. The zero-order valence-corrected chi connectivity index (χ0v) is 14.0. The Kier molecular flexibility index (Phi) is 6.43. The van der Waals surface area contributed by atoms with Crippen LogP contribution in [0.3, 0.4) is 0 Å². The van der Waals surface area contributed by atoms with Crippen molar-refractivity contribution < 1.29 is 4.74 Å². The molecule has 0 unspecified atom stereocenters. The summed E-state index contributed by atoms with van der Waals surface area (Å²) >= 11 is 1.85. The van der Waals surface area contributed by atoms with E-state index in [0.717, 1.165) is 26.0 Å². The molecule has 0 aromatic carbocycles. The second kappa shape index (κ2) is 7.36. The van der Waals surface area contributed by atoms with Gasteiger partial charge >= 0.3 is 0 Å². The third-order valence-corrected chi connectivity index (χ3v) is 3.97. The van der Waals surface area contributed by atoms with E-state index in [9.17, 15) is 0 Å². The number of hydrogen-bond acceptors (Lipinski definition) is 4. The van der Waals surface area contributed by atoms with E-state index >= 15 is 0 Å². The van der Waals surface area contributed by atoms with Crippen molar-refractivity contribution in [3.63, 3.8) is 0 Å². The highest BCUT2D eigenvalue weighted by molar-refractivity contribution is 7.11. The summed E-state index contributed by atoms with van der Waals surface area (Å²) in [4.78, 5) is 6.19. The molecular formula is C15H28N2OS. The predicted molar refractivity (Wildman–Crippen MR) is 83.0 cm³/mol. The number of ether oxygens (including phenoxy) is 1. The van der Waals surface area contributed by atoms with Crippen LogP contribution < -0.4 is 5.32 Å². The van der Waals surface area contributed by atoms with Crippen LogP contribution in [-0.2, 0) is 17.7 Å². The van der Waals surface area contributed by atoms with Crippen molar-refractivity contribution in [2.75, 3.05) is 13.7 Å². The average Bonchev–Trinajstić information content (AvgIpc) is 2.69. The molecule has 0 amide bonds. The third kappa shape index (κ3) is 6.02. The van der Waals surface area contributed by atoms with Gasteiger partial charge < -0.3 is 10.1 Å². The van der Waals surface area contributed by atoms with Crippen LogP contribution in [0.1, 0.15) is 62.5 Å². The second-order valence-electron chi connectivity index (χ2n) is 6.27. The Morgan fingerprint density at radius 3 is 2.53 bits per heavy atom. The normalized spacial score (nSPS) is 12.4. The molecule has 4 heteroatoms. The van der Waals surface area contributed by atoms with Gasteiger partial charge in [-0.25, -0.2) is 4.98 Å². The Morgan fingerprint density at radius 2 is 2.00 bits per heavy atom. The van der Waals surface area contributed by atoms with Crippen LogP contribution in [0.2, 0.25) is 0 Å². The average molecular weight is 284 g/mol. The Balaban J connectivity index is 2.71. The van der Waals surface area contributed by atoms with E-state index in [-0.39, 0.29) is 5.54 Å². The van der Waals surface area contributed by atoms with Gasteiger partial charge in [0.05, 0.1) is 10.7 Å². The van der Waals surface area contributed by atoms with Crippen molar-refractivity contribution in [2.24, 2.45) is 0 Å². The molecule has 0 atom stereocenters. The van der Waals surface area contributed by atoms with E-state index in [1.807, 2.05) is 11.3 Å². The Morgan fingerprint density at radius 1 is 1.32 bits per heavy atom. The molecule has 0 aliphatic rings. The van der Waals surface area contributed by atoms with Crippen molar-refractivity contribution in [3.8, 4) is 0 Å². The van der Waals surface area contributed by atoms with Crippen LogP contribution in [-0.4, -0.2) is 24.2 Å². The number of aromatic nitrogens is 1. The molecule has 0 radical (unpaired) electrons. The first-order valence-electron chi connectivity index (χ1n) is 7.06. The monoisotopic (exact) mass is 284 g/mol. The molecule has 110 valence electrons. The van der Waals surface area contributed by atoms with E-state index < -0.39 is 0 Å². The van der Waals surface area contributed by atoms with E-state index in [1.54, 1.807) is 7.11 Å². The Hall–Kier alpha value is -0.450. The van der Waals surface area contributed by atoms with Crippen LogP contribution >= 0.6 is 11.3 Å². The number of hydrogen-bond donors (Lipinski definition) is 1.